The third kappa shape index (κ3) is 5.11. The van der Waals surface area contributed by atoms with Crippen molar-refractivity contribution < 1.29 is 18.3 Å². The van der Waals surface area contributed by atoms with Crippen LogP contribution in [-0.4, -0.2) is 25.7 Å². The maximum absolute atomic E-state index is 12.7. The van der Waals surface area contributed by atoms with E-state index in [0.717, 1.165) is 5.56 Å². The maximum atomic E-state index is 12.7. The van der Waals surface area contributed by atoms with Crippen molar-refractivity contribution in [3.8, 4) is 11.8 Å². The van der Waals surface area contributed by atoms with Crippen molar-refractivity contribution in [1.82, 2.24) is 0 Å². The molecule has 1 aromatic carbocycles. The molecule has 0 saturated carbocycles. The highest BCUT2D eigenvalue weighted by Gasteiger charge is 2.35. The van der Waals surface area contributed by atoms with Crippen LogP contribution in [0.3, 0.4) is 0 Å². The van der Waals surface area contributed by atoms with Crippen LogP contribution in [0.1, 0.15) is 26.3 Å². The van der Waals surface area contributed by atoms with E-state index in [1.54, 1.807) is 13.8 Å². The van der Waals surface area contributed by atoms with Gasteiger partial charge in [0.05, 0.1) is 13.2 Å². The minimum atomic E-state index is -3.38. The van der Waals surface area contributed by atoms with E-state index in [1.165, 1.54) is 0 Å². The standard InChI is InChI=1S/C15H21O4P/c1-4-17-15(20(16,18-5-2)19-6-3)13-12-14-10-8-7-9-11-14/h7-11,15H,4-6H2,1-3H3. The van der Waals surface area contributed by atoms with Crippen LogP contribution in [-0.2, 0) is 18.3 Å². The molecule has 0 aliphatic rings. The lowest BCUT2D eigenvalue weighted by Crippen LogP contribution is -2.15. The van der Waals surface area contributed by atoms with Gasteiger partial charge in [-0.15, -0.1) is 0 Å². The molecule has 0 N–H and O–H groups in total. The van der Waals surface area contributed by atoms with Crippen molar-refractivity contribution in [2.45, 2.75) is 26.6 Å². The molecule has 0 radical (unpaired) electrons. The second kappa shape index (κ2) is 8.94. The van der Waals surface area contributed by atoms with Crippen LogP contribution in [0.15, 0.2) is 30.3 Å². The van der Waals surface area contributed by atoms with Crippen LogP contribution in [0.25, 0.3) is 0 Å². The minimum Gasteiger partial charge on any atom is -0.354 e. The van der Waals surface area contributed by atoms with E-state index in [9.17, 15) is 4.57 Å². The number of hydrogen-bond donors (Lipinski definition) is 0. The van der Waals surface area contributed by atoms with Gasteiger partial charge < -0.3 is 13.8 Å². The van der Waals surface area contributed by atoms with Crippen LogP contribution in [0.5, 0.6) is 0 Å². The number of benzene rings is 1. The molecule has 1 aromatic rings. The van der Waals surface area contributed by atoms with Gasteiger partial charge in [0.15, 0.2) is 0 Å². The van der Waals surface area contributed by atoms with E-state index >= 15 is 0 Å². The molecule has 0 aliphatic carbocycles. The molecular formula is C15H21O4P. The van der Waals surface area contributed by atoms with Gasteiger partial charge in [0.25, 0.3) is 0 Å². The lowest BCUT2D eigenvalue weighted by Gasteiger charge is -2.22. The second-order valence-electron chi connectivity index (χ2n) is 3.82. The highest BCUT2D eigenvalue weighted by atomic mass is 31.2. The summed E-state index contributed by atoms with van der Waals surface area (Å²) in [5, 5.41) is 0. The van der Waals surface area contributed by atoms with E-state index in [0.29, 0.717) is 6.61 Å². The van der Waals surface area contributed by atoms with Crippen molar-refractivity contribution in [2.24, 2.45) is 0 Å². The molecule has 0 fully saturated rings. The van der Waals surface area contributed by atoms with Crippen molar-refractivity contribution in [2.75, 3.05) is 19.8 Å². The monoisotopic (exact) mass is 296 g/mol. The van der Waals surface area contributed by atoms with Gasteiger partial charge in [0.2, 0.25) is 5.85 Å². The molecule has 5 heteroatoms. The zero-order valence-electron chi connectivity index (χ0n) is 12.2. The fourth-order valence-corrected chi connectivity index (χ4v) is 3.19. The predicted molar refractivity (Wildman–Crippen MR) is 79.6 cm³/mol. The number of ether oxygens (including phenoxy) is 1. The zero-order valence-corrected chi connectivity index (χ0v) is 13.1. The quantitative estimate of drug-likeness (QED) is 0.569. The van der Waals surface area contributed by atoms with Crippen LogP contribution in [0, 0.1) is 11.8 Å². The molecule has 20 heavy (non-hydrogen) atoms. The van der Waals surface area contributed by atoms with E-state index in [1.807, 2.05) is 37.3 Å². The highest BCUT2D eigenvalue weighted by molar-refractivity contribution is 7.54. The van der Waals surface area contributed by atoms with E-state index in [-0.39, 0.29) is 13.2 Å². The summed E-state index contributed by atoms with van der Waals surface area (Å²) in [5.41, 5.74) is 0.830. The summed E-state index contributed by atoms with van der Waals surface area (Å²) in [6, 6.07) is 9.45. The third-order valence-corrected chi connectivity index (χ3v) is 4.43. The predicted octanol–water partition coefficient (Wildman–Crippen LogP) is 3.67. The number of hydrogen-bond acceptors (Lipinski definition) is 4. The fourth-order valence-electron chi connectivity index (χ4n) is 1.57. The molecule has 1 atom stereocenters. The average Bonchev–Trinajstić information content (AvgIpc) is 2.45. The molecule has 0 amide bonds. The molecule has 0 aromatic heterocycles. The average molecular weight is 296 g/mol. The van der Waals surface area contributed by atoms with Crippen molar-refractivity contribution in [1.29, 1.82) is 0 Å². The first-order chi connectivity index (χ1) is 9.66. The SMILES string of the molecule is CCOC(C#Cc1ccccc1)P(=O)(OCC)OCC. The Balaban J connectivity index is 2.98. The van der Waals surface area contributed by atoms with Gasteiger partial charge >= 0.3 is 7.60 Å². The van der Waals surface area contributed by atoms with Crippen molar-refractivity contribution in [3.05, 3.63) is 35.9 Å². The first-order valence-corrected chi connectivity index (χ1v) is 8.34. The Labute approximate surface area is 121 Å². The second-order valence-corrected chi connectivity index (χ2v) is 5.88. The minimum absolute atomic E-state index is 0.286. The maximum Gasteiger partial charge on any atom is 0.371 e. The van der Waals surface area contributed by atoms with Crippen LogP contribution in [0.4, 0.5) is 0 Å². The lowest BCUT2D eigenvalue weighted by atomic mass is 10.2. The molecule has 1 rings (SSSR count). The van der Waals surface area contributed by atoms with Crippen LogP contribution < -0.4 is 0 Å². The van der Waals surface area contributed by atoms with Gasteiger partial charge in [-0.05, 0) is 32.9 Å². The molecule has 110 valence electrons. The first-order valence-electron chi connectivity index (χ1n) is 6.73. The molecule has 0 saturated heterocycles. The highest BCUT2D eigenvalue weighted by Crippen LogP contribution is 2.53. The smallest absolute Gasteiger partial charge is 0.354 e. The molecule has 0 heterocycles. The molecule has 1 unspecified atom stereocenters. The summed E-state index contributed by atoms with van der Waals surface area (Å²) < 4.78 is 28.7. The largest absolute Gasteiger partial charge is 0.371 e. The number of rotatable bonds is 7. The van der Waals surface area contributed by atoms with Gasteiger partial charge in [0, 0.05) is 12.2 Å². The molecule has 4 nitrogen and oxygen atoms in total. The van der Waals surface area contributed by atoms with E-state index in [2.05, 4.69) is 11.8 Å². The molecule has 0 bridgehead atoms. The summed E-state index contributed by atoms with van der Waals surface area (Å²) in [5.74, 6) is 4.94. The van der Waals surface area contributed by atoms with Crippen molar-refractivity contribution >= 4 is 7.60 Å². The summed E-state index contributed by atoms with van der Waals surface area (Å²) in [7, 11) is -3.38. The van der Waals surface area contributed by atoms with Gasteiger partial charge in [-0.2, -0.15) is 0 Å². The summed E-state index contributed by atoms with van der Waals surface area (Å²) in [6.07, 6.45) is 0. The fraction of sp³-hybridized carbons (Fsp3) is 0.467. The van der Waals surface area contributed by atoms with Crippen molar-refractivity contribution in [3.63, 3.8) is 0 Å². The molecule has 0 aliphatic heterocycles. The Hall–Kier alpha value is -1.11. The summed E-state index contributed by atoms with van der Waals surface area (Å²) in [4.78, 5) is 0. The van der Waals surface area contributed by atoms with Gasteiger partial charge in [-0.3, -0.25) is 4.57 Å². The Kier molecular flexibility index (Phi) is 7.58. The molecule has 0 spiro atoms. The Morgan fingerprint density at radius 2 is 1.65 bits per heavy atom. The third-order valence-electron chi connectivity index (χ3n) is 2.34. The zero-order chi connectivity index (χ0) is 14.8. The Bertz CT molecular complexity index is 480. The lowest BCUT2D eigenvalue weighted by molar-refractivity contribution is 0.108. The Morgan fingerprint density at radius 1 is 1.05 bits per heavy atom. The van der Waals surface area contributed by atoms with Crippen LogP contribution in [0.2, 0.25) is 0 Å². The summed E-state index contributed by atoms with van der Waals surface area (Å²) in [6.45, 7) is 6.30. The van der Waals surface area contributed by atoms with Gasteiger partial charge in [-0.25, -0.2) is 0 Å². The first kappa shape index (κ1) is 16.9. The van der Waals surface area contributed by atoms with E-state index < -0.39 is 13.4 Å². The topological polar surface area (TPSA) is 44.8 Å². The van der Waals surface area contributed by atoms with Crippen LogP contribution >= 0.6 is 7.60 Å². The summed E-state index contributed by atoms with van der Waals surface area (Å²) >= 11 is 0. The Morgan fingerprint density at radius 3 is 2.15 bits per heavy atom. The molecular weight excluding hydrogens is 275 g/mol. The normalized spacial score (nSPS) is 12.6. The van der Waals surface area contributed by atoms with Gasteiger partial charge in [-0.1, -0.05) is 30.0 Å². The van der Waals surface area contributed by atoms with E-state index in [4.69, 9.17) is 13.8 Å². The van der Waals surface area contributed by atoms with Gasteiger partial charge in [0.1, 0.15) is 0 Å².